The van der Waals surface area contributed by atoms with Gasteiger partial charge in [0.2, 0.25) is 0 Å². The van der Waals surface area contributed by atoms with Crippen LogP contribution < -0.4 is 5.32 Å². The maximum absolute atomic E-state index is 14.5. The highest BCUT2D eigenvalue weighted by Gasteiger charge is 2.59. The van der Waals surface area contributed by atoms with Crippen molar-refractivity contribution in [3.63, 3.8) is 0 Å². The fraction of sp³-hybridized carbons (Fsp3) is 0.714. The highest BCUT2D eigenvalue weighted by Crippen LogP contribution is 2.64. The van der Waals surface area contributed by atoms with E-state index in [0.717, 1.165) is 44.3 Å². The maximum atomic E-state index is 14.5. The summed E-state index contributed by atoms with van der Waals surface area (Å²) >= 11 is 0. The quantitative estimate of drug-likeness (QED) is 0.418. The molecule has 5 aliphatic rings. The smallest absolute Gasteiger partial charge is 0.322 e. The van der Waals surface area contributed by atoms with Gasteiger partial charge in [0.25, 0.3) is 0 Å². The topological polar surface area (TPSA) is 49.4 Å². The molecule has 0 spiro atoms. The molecule has 1 aromatic rings. The van der Waals surface area contributed by atoms with Crippen LogP contribution in [0.5, 0.6) is 0 Å². The molecule has 2 amide bonds. The fourth-order valence-corrected chi connectivity index (χ4v) is 9.69. The van der Waals surface area contributed by atoms with Gasteiger partial charge in [0.05, 0.1) is 5.54 Å². The number of carbonyl (C=O) groups is 2. The van der Waals surface area contributed by atoms with Gasteiger partial charge >= 0.3 is 6.03 Å². The Morgan fingerprint density at radius 3 is 2.31 bits per heavy atom. The first-order chi connectivity index (χ1) is 18.5. The second-order valence-corrected chi connectivity index (χ2v) is 15.4. The van der Waals surface area contributed by atoms with E-state index in [-0.39, 0.29) is 28.2 Å². The van der Waals surface area contributed by atoms with E-state index < -0.39 is 0 Å². The van der Waals surface area contributed by atoms with Crippen molar-refractivity contribution in [2.24, 2.45) is 28.6 Å². The van der Waals surface area contributed by atoms with Crippen LogP contribution in [0.4, 0.5) is 4.79 Å². The molecule has 0 aromatic heterocycles. The Bertz CT molecular complexity index is 1150. The third kappa shape index (κ3) is 4.49. The molecule has 1 aromatic carbocycles. The summed E-state index contributed by atoms with van der Waals surface area (Å²) < 4.78 is 0. The molecule has 4 nitrogen and oxygen atoms in total. The molecule has 1 aliphatic heterocycles. The van der Waals surface area contributed by atoms with Crippen molar-refractivity contribution < 1.29 is 9.59 Å². The summed E-state index contributed by atoms with van der Waals surface area (Å²) in [6.07, 6.45) is 15.3. The number of ketones is 1. The lowest BCUT2D eigenvalue weighted by molar-refractivity contribution is -0.118. The number of benzene rings is 1. The minimum Gasteiger partial charge on any atom is -0.328 e. The first-order valence-electron chi connectivity index (χ1n) is 15.9. The van der Waals surface area contributed by atoms with Crippen LogP contribution in [0.2, 0.25) is 0 Å². The minimum absolute atomic E-state index is 0.0210. The summed E-state index contributed by atoms with van der Waals surface area (Å²) in [5, 5.41) is 3.64. The number of rotatable bonds is 2. The summed E-state index contributed by atoms with van der Waals surface area (Å²) in [6, 6.07) is 9.05. The molecule has 212 valence electrons. The molecule has 3 saturated carbocycles. The second-order valence-electron chi connectivity index (χ2n) is 15.4. The number of hydrogen-bond acceptors (Lipinski definition) is 2. The van der Waals surface area contributed by atoms with Crippen LogP contribution >= 0.6 is 0 Å². The molecular weight excluding hydrogens is 480 g/mol. The Labute approximate surface area is 236 Å². The Hall–Kier alpha value is -2.10. The van der Waals surface area contributed by atoms with E-state index in [1.165, 1.54) is 49.7 Å². The average molecular weight is 531 g/mol. The van der Waals surface area contributed by atoms with Crippen molar-refractivity contribution in [1.29, 1.82) is 0 Å². The molecule has 5 atom stereocenters. The standard InChI is InChI=1S/C35H50N2O2/c1-32(2,3)24-11-13-25(14-12-24)35(18-7-6-8-19-35)36-31(39)37-23-27-28-10-9-17-33(28,4)20-16-29(27)34(5)21-15-26(38)22-30(34)37/h11-14,22,27-29H,6-10,15-21,23H2,1-5H3,(H,36,39)/t27-,28-,29-,33-,34+/m0/s1. The van der Waals surface area contributed by atoms with Gasteiger partial charge in [-0.3, -0.25) is 9.69 Å². The molecule has 4 heteroatoms. The summed E-state index contributed by atoms with van der Waals surface area (Å²) in [6.45, 7) is 12.4. The number of hydrogen-bond donors (Lipinski definition) is 1. The predicted molar refractivity (Wildman–Crippen MR) is 157 cm³/mol. The molecule has 1 saturated heterocycles. The SMILES string of the molecule is CC(C)(C)c1ccc(C2(NC(=O)N3C[C@H]4[C@@H]5CCC[C@@]5(C)CC[C@@H]4[C@@]4(C)CCC(=O)C=C34)CCCCC2)cc1. The number of fused-ring (bicyclic) bond motifs is 5. The van der Waals surface area contributed by atoms with Gasteiger partial charge in [-0.1, -0.05) is 84.6 Å². The van der Waals surface area contributed by atoms with Crippen LogP contribution in [0, 0.1) is 28.6 Å². The molecule has 1 heterocycles. The van der Waals surface area contributed by atoms with Gasteiger partial charge < -0.3 is 5.32 Å². The molecule has 0 radical (unpaired) electrons. The maximum Gasteiger partial charge on any atom is 0.322 e. The van der Waals surface area contributed by atoms with Gasteiger partial charge in [-0.2, -0.15) is 0 Å². The highest BCUT2D eigenvalue weighted by atomic mass is 16.2. The minimum atomic E-state index is -0.341. The number of allylic oxidation sites excluding steroid dienone is 2. The molecule has 0 unspecified atom stereocenters. The lowest BCUT2D eigenvalue weighted by atomic mass is 9.50. The van der Waals surface area contributed by atoms with E-state index in [0.29, 0.717) is 29.6 Å². The molecule has 0 bridgehead atoms. The predicted octanol–water partition coefficient (Wildman–Crippen LogP) is 8.25. The van der Waals surface area contributed by atoms with Crippen molar-refractivity contribution in [3.8, 4) is 0 Å². The van der Waals surface area contributed by atoms with E-state index in [4.69, 9.17) is 0 Å². The van der Waals surface area contributed by atoms with E-state index in [1.807, 2.05) is 6.08 Å². The molecule has 4 fully saturated rings. The summed E-state index contributed by atoms with van der Waals surface area (Å²) in [4.78, 5) is 29.3. The van der Waals surface area contributed by atoms with Crippen LogP contribution in [0.1, 0.15) is 123 Å². The van der Waals surface area contributed by atoms with Crippen LogP contribution in [0.15, 0.2) is 36.0 Å². The number of carbonyl (C=O) groups excluding carboxylic acids is 2. The zero-order valence-corrected chi connectivity index (χ0v) is 25.1. The Kier molecular flexibility index (Phi) is 6.59. The molecule has 39 heavy (non-hydrogen) atoms. The van der Waals surface area contributed by atoms with Crippen molar-refractivity contribution in [2.75, 3.05) is 6.54 Å². The van der Waals surface area contributed by atoms with Crippen molar-refractivity contribution >= 4 is 11.8 Å². The van der Waals surface area contributed by atoms with E-state index >= 15 is 0 Å². The first-order valence-corrected chi connectivity index (χ1v) is 15.9. The summed E-state index contributed by atoms with van der Waals surface area (Å²) in [5.74, 6) is 1.98. The van der Waals surface area contributed by atoms with Crippen LogP contribution in [-0.2, 0) is 15.7 Å². The van der Waals surface area contributed by atoms with Crippen molar-refractivity contribution in [3.05, 3.63) is 47.2 Å². The molecule has 1 N–H and O–H groups in total. The first kappa shape index (κ1) is 27.1. The lowest BCUT2D eigenvalue weighted by Crippen LogP contribution is -2.61. The number of piperidine rings is 1. The lowest BCUT2D eigenvalue weighted by Gasteiger charge is -2.60. The number of likely N-dealkylation sites (tertiary alicyclic amines) is 1. The Morgan fingerprint density at radius 1 is 0.897 bits per heavy atom. The zero-order valence-electron chi connectivity index (χ0n) is 25.1. The molecule has 4 aliphatic carbocycles. The van der Waals surface area contributed by atoms with Crippen LogP contribution in [-0.4, -0.2) is 23.3 Å². The number of nitrogens with zero attached hydrogens (tertiary/aromatic N) is 1. The Balaban J connectivity index is 1.34. The number of urea groups is 1. The van der Waals surface area contributed by atoms with Gasteiger partial charge in [0.1, 0.15) is 0 Å². The molecular formula is C35H50N2O2. The third-order valence-corrected chi connectivity index (χ3v) is 12.1. The monoisotopic (exact) mass is 530 g/mol. The largest absolute Gasteiger partial charge is 0.328 e. The van der Waals surface area contributed by atoms with Gasteiger partial charge in [0.15, 0.2) is 5.78 Å². The van der Waals surface area contributed by atoms with Gasteiger partial charge in [-0.05, 0) is 84.7 Å². The van der Waals surface area contributed by atoms with Crippen LogP contribution in [0.25, 0.3) is 0 Å². The number of nitrogens with one attached hydrogen (secondary N) is 1. The van der Waals surface area contributed by atoms with E-state index in [9.17, 15) is 9.59 Å². The number of amides is 2. The molecule has 6 rings (SSSR count). The highest BCUT2D eigenvalue weighted by molar-refractivity contribution is 5.93. The van der Waals surface area contributed by atoms with Crippen LogP contribution in [0.3, 0.4) is 0 Å². The summed E-state index contributed by atoms with van der Waals surface area (Å²) in [7, 11) is 0. The van der Waals surface area contributed by atoms with Crippen molar-refractivity contribution in [1.82, 2.24) is 10.2 Å². The second kappa shape index (κ2) is 9.48. The summed E-state index contributed by atoms with van der Waals surface area (Å²) in [5.41, 5.74) is 3.66. The van der Waals surface area contributed by atoms with E-state index in [2.05, 4.69) is 69.1 Å². The van der Waals surface area contributed by atoms with Gasteiger partial charge in [-0.25, -0.2) is 4.79 Å². The Morgan fingerprint density at radius 2 is 1.62 bits per heavy atom. The van der Waals surface area contributed by atoms with Gasteiger partial charge in [-0.15, -0.1) is 0 Å². The average Bonchev–Trinajstić information content (AvgIpc) is 3.31. The normalized spacial score (nSPS) is 35.9. The zero-order chi connectivity index (χ0) is 27.6. The fourth-order valence-electron chi connectivity index (χ4n) is 9.69. The third-order valence-electron chi connectivity index (χ3n) is 12.1. The van der Waals surface area contributed by atoms with Gasteiger partial charge in [0, 0.05) is 30.2 Å². The van der Waals surface area contributed by atoms with E-state index in [1.54, 1.807) is 0 Å². The van der Waals surface area contributed by atoms with Crippen molar-refractivity contribution in [2.45, 2.75) is 123 Å².